The molecule has 13 nitrogen and oxygen atoms in total. The molecule has 3 saturated heterocycles. The first-order valence-corrected chi connectivity index (χ1v) is 19.1. The fourth-order valence-corrected chi connectivity index (χ4v) is 8.69. The van der Waals surface area contributed by atoms with Crippen molar-refractivity contribution >= 4 is 5.97 Å². The van der Waals surface area contributed by atoms with Gasteiger partial charge in [-0.05, 0) is 87.9 Å². The number of rotatable bonds is 7. The predicted molar refractivity (Wildman–Crippen MR) is 193 cm³/mol. The number of methoxy groups -OCH3 is 1. The molecule has 3 rings (SSSR count). The molecule has 0 aromatic rings. The van der Waals surface area contributed by atoms with E-state index in [4.69, 9.17) is 28.4 Å². The molecule has 0 radical (unpaired) electrons. The van der Waals surface area contributed by atoms with Gasteiger partial charge in [-0.2, -0.15) is 0 Å². The number of hydrogen-bond acceptors (Lipinski definition) is 13. The van der Waals surface area contributed by atoms with Crippen LogP contribution in [0.5, 0.6) is 0 Å². The normalized spacial score (nSPS) is 48.9. The summed E-state index contributed by atoms with van der Waals surface area (Å²) in [6.45, 7) is 19.2. The summed E-state index contributed by atoms with van der Waals surface area (Å²) in [5.74, 6) is -2.48. The van der Waals surface area contributed by atoms with Crippen LogP contribution in [0.3, 0.4) is 0 Å². The highest BCUT2D eigenvalue weighted by molar-refractivity contribution is 5.73. The van der Waals surface area contributed by atoms with Gasteiger partial charge in [0, 0.05) is 44.0 Å². The van der Waals surface area contributed by atoms with Gasteiger partial charge in [-0.3, -0.25) is 4.79 Å². The third-order valence-corrected chi connectivity index (χ3v) is 12.2. The lowest BCUT2D eigenvalue weighted by molar-refractivity contribution is -0.317. The van der Waals surface area contributed by atoms with Crippen molar-refractivity contribution in [1.82, 2.24) is 9.80 Å². The van der Waals surface area contributed by atoms with Crippen molar-refractivity contribution < 1.29 is 53.6 Å². The number of esters is 1. The van der Waals surface area contributed by atoms with Gasteiger partial charge in [0.25, 0.3) is 0 Å². The minimum absolute atomic E-state index is 0.0490. The summed E-state index contributed by atoms with van der Waals surface area (Å²) in [5.41, 5.74) is -2.48. The molecule has 300 valence electrons. The molecule has 3 fully saturated rings. The first-order chi connectivity index (χ1) is 23.6. The molecule has 18 atom stereocenters. The molecule has 0 aromatic carbocycles. The van der Waals surface area contributed by atoms with Crippen LogP contribution < -0.4 is 0 Å². The van der Waals surface area contributed by atoms with Gasteiger partial charge in [0.2, 0.25) is 0 Å². The fraction of sp³-hybridized carbons (Fsp3) is 0.974. The van der Waals surface area contributed by atoms with Crippen LogP contribution in [0.25, 0.3) is 0 Å². The van der Waals surface area contributed by atoms with Gasteiger partial charge in [0.05, 0.1) is 47.6 Å². The zero-order valence-electron chi connectivity index (χ0n) is 33.8. The first kappa shape index (κ1) is 44.4. The molecule has 3 aliphatic rings. The van der Waals surface area contributed by atoms with Crippen molar-refractivity contribution in [3.05, 3.63) is 0 Å². The highest BCUT2D eigenvalue weighted by Gasteiger charge is 2.51. The molecular weight excluding hydrogens is 660 g/mol. The number of aliphatic hydroxyl groups is 4. The zero-order chi connectivity index (χ0) is 38.7. The van der Waals surface area contributed by atoms with Crippen molar-refractivity contribution in [3.8, 4) is 0 Å². The van der Waals surface area contributed by atoms with Crippen LogP contribution in [0, 0.1) is 23.7 Å². The number of likely N-dealkylation sites (N-methyl/N-ethyl adjacent to an activating group) is 2. The van der Waals surface area contributed by atoms with Crippen LogP contribution in [-0.2, 0) is 33.2 Å². The third kappa shape index (κ3) is 10.4. The van der Waals surface area contributed by atoms with Crippen molar-refractivity contribution in [2.75, 3.05) is 34.8 Å². The van der Waals surface area contributed by atoms with Crippen LogP contribution in [0.15, 0.2) is 0 Å². The highest BCUT2D eigenvalue weighted by Crippen LogP contribution is 2.40. The number of nitrogens with zero attached hydrogens (tertiary/aromatic N) is 2. The summed E-state index contributed by atoms with van der Waals surface area (Å²) >= 11 is 0. The average Bonchev–Trinajstić information content (AvgIpc) is 3.05. The molecule has 0 bridgehead atoms. The average molecular weight is 733 g/mol. The number of ether oxygens (including phenoxy) is 6. The van der Waals surface area contributed by atoms with Gasteiger partial charge in [-0.1, -0.05) is 27.7 Å². The molecule has 51 heavy (non-hydrogen) atoms. The number of hydrogen-bond donors (Lipinski definition) is 4. The van der Waals surface area contributed by atoms with E-state index in [1.54, 1.807) is 27.7 Å². The Morgan fingerprint density at radius 1 is 0.941 bits per heavy atom. The maximum atomic E-state index is 14.2. The lowest BCUT2D eigenvalue weighted by atomic mass is 9.77. The second-order valence-electron chi connectivity index (χ2n) is 16.9. The Hall–Kier alpha value is -0.970. The molecule has 0 spiro atoms. The van der Waals surface area contributed by atoms with E-state index in [1.165, 1.54) is 7.11 Å². The smallest absolute Gasteiger partial charge is 0.311 e. The maximum absolute atomic E-state index is 14.2. The quantitative estimate of drug-likeness (QED) is 0.284. The van der Waals surface area contributed by atoms with Gasteiger partial charge in [-0.15, -0.1) is 0 Å². The van der Waals surface area contributed by atoms with E-state index in [2.05, 4.69) is 11.8 Å². The summed E-state index contributed by atoms with van der Waals surface area (Å²) in [5, 5.41) is 46.4. The lowest BCUT2D eigenvalue weighted by Crippen LogP contribution is -2.60. The molecule has 0 amide bonds. The summed E-state index contributed by atoms with van der Waals surface area (Å²) in [7, 11) is 7.28. The SMILES string of the molecule is CC[C@H]1OC(=O)[C@H](C)[C@@H](O[C@H]2C[C@@](C)(OC)[C@@H](O)[C@H](C)O2)[C@@H](C)[C@@H](O[C@@H]2O[C@H](C)C[C@H](N(C)C)[C@H]2O)[C@](C)(O)C[C@@H](C)CN(C)[C@H](C)[C@H](O)[C@H]1C. The fourth-order valence-electron chi connectivity index (χ4n) is 8.69. The molecule has 0 unspecified atom stereocenters. The highest BCUT2D eigenvalue weighted by atomic mass is 16.7. The van der Waals surface area contributed by atoms with E-state index < -0.39 is 84.3 Å². The van der Waals surface area contributed by atoms with Gasteiger partial charge in [-0.25, -0.2) is 0 Å². The summed E-state index contributed by atoms with van der Waals surface area (Å²) in [4.78, 5) is 18.2. The monoisotopic (exact) mass is 733 g/mol. The number of cyclic esters (lactones) is 1. The Kier molecular flexibility index (Phi) is 15.8. The molecule has 3 aliphatic heterocycles. The van der Waals surface area contributed by atoms with Crippen LogP contribution in [-0.4, -0.2) is 156 Å². The van der Waals surface area contributed by atoms with Crippen molar-refractivity contribution in [2.24, 2.45) is 23.7 Å². The molecular formula is C38H72N2O11. The maximum Gasteiger partial charge on any atom is 0.311 e. The molecule has 3 heterocycles. The Morgan fingerprint density at radius 2 is 1.57 bits per heavy atom. The molecule has 13 heteroatoms. The summed E-state index contributed by atoms with van der Waals surface area (Å²) < 4.78 is 37.8. The second kappa shape index (κ2) is 18.1. The van der Waals surface area contributed by atoms with E-state index in [0.29, 0.717) is 25.8 Å². The lowest BCUT2D eigenvalue weighted by Gasteiger charge is -2.48. The van der Waals surface area contributed by atoms with E-state index in [0.717, 1.165) is 0 Å². The van der Waals surface area contributed by atoms with Gasteiger partial charge in [0.15, 0.2) is 12.6 Å². The molecule has 0 aliphatic carbocycles. The number of carbonyl (C=O) groups excluding carboxylic acids is 1. The van der Waals surface area contributed by atoms with Crippen LogP contribution in [0.2, 0.25) is 0 Å². The van der Waals surface area contributed by atoms with Crippen LogP contribution >= 0.6 is 0 Å². The van der Waals surface area contributed by atoms with Crippen molar-refractivity contribution in [3.63, 3.8) is 0 Å². The van der Waals surface area contributed by atoms with Gasteiger partial charge >= 0.3 is 5.97 Å². The Bertz CT molecular complexity index is 1100. The largest absolute Gasteiger partial charge is 0.462 e. The van der Waals surface area contributed by atoms with Gasteiger partial charge in [0.1, 0.15) is 18.3 Å². The van der Waals surface area contributed by atoms with E-state index in [1.807, 2.05) is 60.7 Å². The Labute approximate surface area is 307 Å². The molecule has 0 saturated carbocycles. The second-order valence-corrected chi connectivity index (χ2v) is 16.9. The van der Waals surface area contributed by atoms with Crippen LogP contribution in [0.4, 0.5) is 0 Å². The Balaban J connectivity index is 2.15. The zero-order valence-corrected chi connectivity index (χ0v) is 33.8. The third-order valence-electron chi connectivity index (χ3n) is 12.2. The Morgan fingerprint density at radius 3 is 2.14 bits per heavy atom. The van der Waals surface area contributed by atoms with E-state index in [9.17, 15) is 25.2 Å². The van der Waals surface area contributed by atoms with Crippen molar-refractivity contribution in [1.29, 1.82) is 0 Å². The number of aliphatic hydroxyl groups excluding tert-OH is 3. The molecule has 4 N–H and O–H groups in total. The van der Waals surface area contributed by atoms with E-state index >= 15 is 0 Å². The topological polar surface area (TPSA) is 160 Å². The minimum atomic E-state index is -1.50. The predicted octanol–water partition coefficient (Wildman–Crippen LogP) is 2.79. The standard InChI is InChI=1S/C38H72N2O11/c1-15-28-22(4)30(41)25(7)40(13)19-20(2)17-37(9,45)34(51-36-31(42)27(39(11)12)16-21(3)47-36)23(5)32(24(6)35(44)49-28)50-29-18-38(10,46-14)33(43)26(8)48-29/h20-34,36,41-43,45H,15-19H2,1-14H3/t20-,21-,22+,23-,24-,25-,26+,27+,28-,29+,30-,31-,32+,33+,34-,36+,37-,38-/m1/s1. The van der Waals surface area contributed by atoms with Crippen molar-refractivity contribution in [2.45, 2.75) is 180 Å². The summed E-state index contributed by atoms with van der Waals surface area (Å²) in [6.07, 6.45) is -6.42. The summed E-state index contributed by atoms with van der Waals surface area (Å²) in [6, 6.07) is -0.498. The number of carbonyl (C=O) groups is 1. The van der Waals surface area contributed by atoms with Crippen LogP contribution in [0.1, 0.15) is 94.9 Å². The van der Waals surface area contributed by atoms with E-state index in [-0.39, 0.29) is 36.4 Å². The minimum Gasteiger partial charge on any atom is -0.462 e. The molecule has 0 aromatic heterocycles. The van der Waals surface area contributed by atoms with Gasteiger partial charge < -0.3 is 58.6 Å². The first-order valence-electron chi connectivity index (χ1n) is 19.1.